The third kappa shape index (κ3) is 3.27. The molecule has 0 saturated carbocycles. The molecule has 0 fully saturated rings. The highest BCUT2D eigenvalue weighted by atomic mass is 35.5. The third-order valence-corrected chi connectivity index (χ3v) is 3.98. The first-order chi connectivity index (χ1) is 11.5. The van der Waals surface area contributed by atoms with Gasteiger partial charge in [-0.15, -0.1) is 0 Å². The van der Waals surface area contributed by atoms with Gasteiger partial charge < -0.3 is 0 Å². The van der Waals surface area contributed by atoms with Crippen molar-refractivity contribution in [2.75, 3.05) is 0 Å². The third-order valence-electron chi connectivity index (χ3n) is 3.44. The van der Waals surface area contributed by atoms with E-state index < -0.39 is 0 Å². The molecule has 0 saturated heterocycles. The summed E-state index contributed by atoms with van der Waals surface area (Å²) in [6.45, 7) is 1.76. The molecule has 1 aromatic heterocycles. The first-order valence-corrected chi connectivity index (χ1v) is 7.78. The Morgan fingerprint density at radius 1 is 1.17 bits per heavy atom. The second-order valence-corrected chi connectivity index (χ2v) is 5.97. The molecule has 0 aliphatic rings. The molecule has 4 nitrogen and oxygen atoms in total. The van der Waals surface area contributed by atoms with Crippen molar-refractivity contribution in [2.45, 2.75) is 6.92 Å². The van der Waals surface area contributed by atoms with Crippen molar-refractivity contribution >= 4 is 35.1 Å². The molecule has 3 aromatic rings. The van der Waals surface area contributed by atoms with Crippen LogP contribution in [0, 0.1) is 12.7 Å². The van der Waals surface area contributed by atoms with Gasteiger partial charge in [0.1, 0.15) is 5.82 Å². The fourth-order valence-electron chi connectivity index (χ4n) is 2.20. The Morgan fingerprint density at radius 3 is 2.54 bits per heavy atom. The molecule has 0 unspecified atom stereocenters. The Morgan fingerprint density at radius 2 is 1.88 bits per heavy atom. The maximum atomic E-state index is 13.0. The average Bonchev–Trinajstić information content (AvgIpc) is 2.82. The van der Waals surface area contributed by atoms with Gasteiger partial charge in [-0.3, -0.25) is 14.9 Å². The summed E-state index contributed by atoms with van der Waals surface area (Å²) in [6, 6.07) is 10.5. The lowest BCUT2D eigenvalue weighted by Crippen LogP contribution is -2.17. The number of nitrogens with one attached hydrogen (secondary N) is 1. The number of benzene rings is 2. The zero-order valence-corrected chi connectivity index (χ0v) is 14.1. The Bertz CT molecular complexity index is 974. The van der Waals surface area contributed by atoms with Gasteiger partial charge in [-0.2, -0.15) is 0 Å². The number of hydrogen-bond donors (Lipinski definition) is 1. The van der Waals surface area contributed by atoms with Crippen LogP contribution in [-0.4, -0.2) is 16.0 Å². The van der Waals surface area contributed by atoms with E-state index in [0.717, 1.165) is 0 Å². The molecule has 3 rings (SSSR count). The summed E-state index contributed by atoms with van der Waals surface area (Å²) in [5.74, 6) is -0.366. The van der Waals surface area contributed by atoms with Crippen molar-refractivity contribution in [3.05, 3.63) is 79.9 Å². The Balaban J connectivity index is 1.99. The van der Waals surface area contributed by atoms with Crippen molar-refractivity contribution in [1.29, 1.82) is 0 Å². The van der Waals surface area contributed by atoms with Crippen LogP contribution in [0.1, 0.15) is 11.3 Å². The summed E-state index contributed by atoms with van der Waals surface area (Å²) < 4.78 is 14.4. The number of aryl methyl sites for hydroxylation is 1. The second-order valence-electron chi connectivity index (χ2n) is 5.12. The molecule has 0 radical (unpaired) electrons. The minimum atomic E-state index is -0.366. The predicted octanol–water partition coefficient (Wildman–Crippen LogP) is 4.67. The predicted molar refractivity (Wildman–Crippen MR) is 94.8 cm³/mol. The van der Waals surface area contributed by atoms with Crippen LogP contribution in [0.5, 0.6) is 0 Å². The van der Waals surface area contributed by atoms with Gasteiger partial charge in [-0.1, -0.05) is 23.2 Å². The van der Waals surface area contributed by atoms with E-state index in [1.807, 2.05) is 0 Å². The standard InChI is InChI=1S/C17H12Cl2FN3O/c1-10-14(9-21-16-7-2-11(18)8-15(16)19)17(24)23(22-10)13-5-3-12(20)4-6-13/h2-9,22H,1H3. The second kappa shape index (κ2) is 6.63. The number of halogens is 3. The first kappa shape index (κ1) is 16.5. The summed E-state index contributed by atoms with van der Waals surface area (Å²) in [5, 5.41) is 3.85. The van der Waals surface area contributed by atoms with Crippen LogP contribution < -0.4 is 5.56 Å². The molecule has 0 spiro atoms. The number of aromatic nitrogens is 2. The van der Waals surface area contributed by atoms with Gasteiger partial charge in [-0.05, 0) is 49.4 Å². The minimum Gasteiger partial charge on any atom is -0.295 e. The lowest BCUT2D eigenvalue weighted by atomic mass is 10.2. The van der Waals surface area contributed by atoms with E-state index in [2.05, 4.69) is 10.1 Å². The SMILES string of the molecule is Cc1[nH]n(-c2ccc(F)cc2)c(=O)c1C=Nc1ccc(Cl)cc1Cl. The van der Waals surface area contributed by atoms with Gasteiger partial charge in [-0.25, -0.2) is 9.07 Å². The van der Waals surface area contributed by atoms with E-state index in [1.165, 1.54) is 35.2 Å². The van der Waals surface area contributed by atoms with Gasteiger partial charge in [0.05, 0.1) is 22.0 Å². The maximum Gasteiger partial charge on any atom is 0.280 e. The molecule has 2 aromatic carbocycles. The van der Waals surface area contributed by atoms with Gasteiger partial charge in [0.15, 0.2) is 0 Å². The maximum absolute atomic E-state index is 13.0. The lowest BCUT2D eigenvalue weighted by Gasteiger charge is -2.00. The molecule has 0 aliphatic carbocycles. The van der Waals surface area contributed by atoms with Crippen LogP contribution >= 0.6 is 23.2 Å². The zero-order valence-electron chi connectivity index (χ0n) is 12.6. The molecule has 7 heteroatoms. The molecule has 1 N–H and O–H groups in total. The number of nitrogens with zero attached hydrogens (tertiary/aromatic N) is 2. The largest absolute Gasteiger partial charge is 0.295 e. The number of hydrogen-bond acceptors (Lipinski definition) is 2. The Labute approximate surface area is 147 Å². The average molecular weight is 364 g/mol. The van der Waals surface area contributed by atoms with Gasteiger partial charge in [0, 0.05) is 16.9 Å². The summed E-state index contributed by atoms with van der Waals surface area (Å²) in [4.78, 5) is 16.8. The van der Waals surface area contributed by atoms with E-state index in [-0.39, 0.29) is 11.4 Å². The van der Waals surface area contributed by atoms with Crippen LogP contribution in [0.4, 0.5) is 10.1 Å². The molecule has 0 bridgehead atoms. The highest BCUT2D eigenvalue weighted by Gasteiger charge is 2.11. The molecular weight excluding hydrogens is 352 g/mol. The van der Waals surface area contributed by atoms with E-state index in [4.69, 9.17) is 23.2 Å². The molecule has 122 valence electrons. The number of aliphatic imine (C=N–C) groups is 1. The summed E-state index contributed by atoms with van der Waals surface area (Å²) in [6.07, 6.45) is 1.45. The monoisotopic (exact) mass is 363 g/mol. The lowest BCUT2D eigenvalue weighted by molar-refractivity contribution is 0.627. The molecule has 0 aliphatic heterocycles. The summed E-state index contributed by atoms with van der Waals surface area (Å²) >= 11 is 11.9. The van der Waals surface area contributed by atoms with E-state index in [0.29, 0.717) is 32.7 Å². The molecular formula is C17H12Cl2FN3O. The van der Waals surface area contributed by atoms with Gasteiger partial charge in [0.2, 0.25) is 0 Å². The van der Waals surface area contributed by atoms with Gasteiger partial charge in [0.25, 0.3) is 5.56 Å². The summed E-state index contributed by atoms with van der Waals surface area (Å²) in [5.41, 5.74) is 1.79. The van der Waals surface area contributed by atoms with Crippen LogP contribution in [0.3, 0.4) is 0 Å². The van der Waals surface area contributed by atoms with E-state index >= 15 is 0 Å². The molecule has 0 amide bonds. The van der Waals surface area contributed by atoms with Crippen LogP contribution in [-0.2, 0) is 0 Å². The van der Waals surface area contributed by atoms with Crippen LogP contribution in [0.25, 0.3) is 5.69 Å². The Kier molecular flexibility index (Phi) is 4.55. The van der Waals surface area contributed by atoms with E-state index in [1.54, 1.807) is 25.1 Å². The summed E-state index contributed by atoms with van der Waals surface area (Å²) in [7, 11) is 0. The van der Waals surface area contributed by atoms with Crippen molar-refractivity contribution in [3.8, 4) is 5.69 Å². The smallest absolute Gasteiger partial charge is 0.280 e. The number of rotatable bonds is 3. The van der Waals surface area contributed by atoms with Crippen molar-refractivity contribution < 1.29 is 4.39 Å². The van der Waals surface area contributed by atoms with Crippen molar-refractivity contribution in [3.63, 3.8) is 0 Å². The molecule has 24 heavy (non-hydrogen) atoms. The molecule has 1 heterocycles. The highest BCUT2D eigenvalue weighted by Crippen LogP contribution is 2.27. The van der Waals surface area contributed by atoms with Gasteiger partial charge >= 0.3 is 0 Å². The van der Waals surface area contributed by atoms with Crippen molar-refractivity contribution in [1.82, 2.24) is 9.78 Å². The van der Waals surface area contributed by atoms with E-state index in [9.17, 15) is 9.18 Å². The molecule has 0 atom stereocenters. The topological polar surface area (TPSA) is 50.1 Å². The Hall–Kier alpha value is -2.37. The van der Waals surface area contributed by atoms with Crippen LogP contribution in [0.2, 0.25) is 10.0 Å². The fourth-order valence-corrected chi connectivity index (χ4v) is 2.66. The zero-order chi connectivity index (χ0) is 17.3. The quantitative estimate of drug-likeness (QED) is 0.675. The van der Waals surface area contributed by atoms with Crippen molar-refractivity contribution in [2.24, 2.45) is 4.99 Å². The number of H-pyrrole nitrogens is 1. The number of aromatic amines is 1. The fraction of sp³-hybridized carbons (Fsp3) is 0.0588. The minimum absolute atomic E-state index is 0.284. The van der Waals surface area contributed by atoms with Crippen LogP contribution in [0.15, 0.2) is 52.3 Å². The first-order valence-electron chi connectivity index (χ1n) is 7.02. The normalized spacial score (nSPS) is 11.3. The highest BCUT2D eigenvalue weighted by molar-refractivity contribution is 6.36.